The SMILES string of the molecule is CC[NH+](Cc1cccs1)[C@H](C)C(=O)Nc1cc2oc3ccccc3c2cc1OC. The fraction of sp³-hybridized carbons (Fsp3) is 0.261. The van der Waals surface area contributed by atoms with Crippen LogP contribution in [0.4, 0.5) is 5.69 Å². The van der Waals surface area contributed by atoms with Gasteiger partial charge in [0.05, 0.1) is 24.2 Å². The van der Waals surface area contributed by atoms with Gasteiger partial charge in [0.15, 0.2) is 6.04 Å². The van der Waals surface area contributed by atoms with E-state index in [2.05, 4.69) is 23.7 Å². The average Bonchev–Trinajstić information content (AvgIpc) is 3.37. The number of quaternary nitrogens is 1. The molecule has 0 aliphatic carbocycles. The number of hydrogen-bond donors (Lipinski definition) is 2. The first kappa shape index (κ1) is 19.5. The van der Waals surface area contributed by atoms with E-state index >= 15 is 0 Å². The van der Waals surface area contributed by atoms with Crippen molar-refractivity contribution in [2.45, 2.75) is 26.4 Å². The molecule has 6 heteroatoms. The van der Waals surface area contributed by atoms with Crippen molar-refractivity contribution in [3.63, 3.8) is 0 Å². The van der Waals surface area contributed by atoms with Crippen LogP contribution < -0.4 is 15.0 Å². The lowest BCUT2D eigenvalue weighted by Gasteiger charge is -2.24. The van der Waals surface area contributed by atoms with E-state index in [9.17, 15) is 4.79 Å². The van der Waals surface area contributed by atoms with E-state index in [1.165, 1.54) is 9.78 Å². The topological polar surface area (TPSA) is 55.9 Å². The number of methoxy groups -OCH3 is 1. The van der Waals surface area contributed by atoms with Crippen LogP contribution in [0, 0.1) is 0 Å². The van der Waals surface area contributed by atoms with Crippen LogP contribution in [-0.2, 0) is 11.3 Å². The van der Waals surface area contributed by atoms with Gasteiger partial charge in [0.2, 0.25) is 0 Å². The molecular weight excluding hydrogens is 384 g/mol. The van der Waals surface area contributed by atoms with Gasteiger partial charge in [0.25, 0.3) is 5.91 Å². The summed E-state index contributed by atoms with van der Waals surface area (Å²) in [5, 5.41) is 7.13. The number of anilines is 1. The van der Waals surface area contributed by atoms with Crippen molar-refractivity contribution in [2.24, 2.45) is 0 Å². The molecule has 4 aromatic rings. The number of nitrogens with one attached hydrogen (secondary N) is 2. The van der Waals surface area contributed by atoms with Gasteiger partial charge in [-0.1, -0.05) is 24.3 Å². The summed E-state index contributed by atoms with van der Waals surface area (Å²) >= 11 is 1.72. The Labute approximate surface area is 173 Å². The van der Waals surface area contributed by atoms with Gasteiger partial charge >= 0.3 is 0 Å². The van der Waals surface area contributed by atoms with E-state index in [1.807, 2.05) is 49.4 Å². The fourth-order valence-electron chi connectivity index (χ4n) is 3.67. The van der Waals surface area contributed by atoms with Gasteiger partial charge in [0.1, 0.15) is 23.5 Å². The molecule has 2 N–H and O–H groups in total. The number of fused-ring (bicyclic) bond motifs is 3. The molecule has 2 atom stereocenters. The number of thiophene rings is 1. The molecule has 0 saturated carbocycles. The highest BCUT2D eigenvalue weighted by molar-refractivity contribution is 7.09. The molecule has 0 aliphatic rings. The van der Waals surface area contributed by atoms with Crippen LogP contribution in [0.15, 0.2) is 58.3 Å². The molecule has 150 valence electrons. The highest BCUT2D eigenvalue weighted by Gasteiger charge is 2.25. The number of benzene rings is 2. The number of ether oxygens (including phenoxy) is 1. The predicted molar refractivity (Wildman–Crippen MR) is 118 cm³/mol. The lowest BCUT2D eigenvalue weighted by atomic mass is 10.1. The van der Waals surface area contributed by atoms with Crippen LogP contribution in [0.5, 0.6) is 5.75 Å². The van der Waals surface area contributed by atoms with Crippen LogP contribution in [0.3, 0.4) is 0 Å². The Morgan fingerprint density at radius 3 is 2.72 bits per heavy atom. The van der Waals surface area contributed by atoms with Crippen LogP contribution in [0.2, 0.25) is 0 Å². The highest BCUT2D eigenvalue weighted by atomic mass is 32.1. The summed E-state index contributed by atoms with van der Waals surface area (Å²) < 4.78 is 11.5. The maximum Gasteiger partial charge on any atom is 0.282 e. The summed E-state index contributed by atoms with van der Waals surface area (Å²) in [6.45, 7) is 5.77. The van der Waals surface area contributed by atoms with Gasteiger partial charge in [-0.25, -0.2) is 0 Å². The molecule has 29 heavy (non-hydrogen) atoms. The minimum atomic E-state index is -0.196. The van der Waals surface area contributed by atoms with E-state index in [4.69, 9.17) is 9.15 Å². The zero-order valence-electron chi connectivity index (χ0n) is 16.8. The first-order valence-corrected chi connectivity index (χ1v) is 10.7. The zero-order chi connectivity index (χ0) is 20.4. The molecule has 0 radical (unpaired) electrons. The van der Waals surface area contributed by atoms with Crippen molar-refractivity contribution in [3.8, 4) is 5.75 Å². The molecule has 1 unspecified atom stereocenters. The average molecular weight is 410 g/mol. The minimum Gasteiger partial charge on any atom is -0.495 e. The zero-order valence-corrected chi connectivity index (χ0v) is 17.6. The van der Waals surface area contributed by atoms with Gasteiger partial charge in [-0.05, 0) is 37.4 Å². The van der Waals surface area contributed by atoms with Crippen LogP contribution in [0.25, 0.3) is 21.9 Å². The molecule has 0 spiro atoms. The molecular formula is C23H25N2O3S+. The highest BCUT2D eigenvalue weighted by Crippen LogP contribution is 2.36. The van der Waals surface area contributed by atoms with Gasteiger partial charge in [-0.3, -0.25) is 4.79 Å². The lowest BCUT2D eigenvalue weighted by molar-refractivity contribution is -0.925. The number of likely N-dealkylation sites (N-methyl/N-ethyl adjacent to an activating group) is 1. The lowest BCUT2D eigenvalue weighted by Crippen LogP contribution is -3.15. The Balaban J connectivity index is 1.60. The smallest absolute Gasteiger partial charge is 0.282 e. The molecule has 5 nitrogen and oxygen atoms in total. The van der Waals surface area contributed by atoms with Crippen molar-refractivity contribution in [2.75, 3.05) is 19.0 Å². The summed E-state index contributed by atoms with van der Waals surface area (Å²) in [5.41, 5.74) is 2.18. The normalized spacial score (nSPS) is 13.5. The van der Waals surface area contributed by atoms with Gasteiger partial charge in [0, 0.05) is 16.8 Å². The van der Waals surface area contributed by atoms with Crippen molar-refractivity contribution in [1.82, 2.24) is 0 Å². The second-order valence-electron chi connectivity index (χ2n) is 7.13. The maximum absolute atomic E-state index is 13.0. The standard InChI is InChI=1S/C23H24N2O3S/c1-4-25(14-16-8-7-11-29-16)15(2)23(26)24-19-13-21-18(12-22(19)27-3)17-9-5-6-10-20(17)28-21/h5-13,15H,4,14H2,1-3H3,(H,24,26)/p+1/t15-/m1/s1. The Morgan fingerprint density at radius 1 is 1.17 bits per heavy atom. The van der Waals surface area contributed by atoms with Gasteiger partial charge < -0.3 is 19.4 Å². The monoisotopic (exact) mass is 409 g/mol. The molecule has 0 saturated heterocycles. The molecule has 1 amide bonds. The number of carbonyl (C=O) groups is 1. The summed E-state index contributed by atoms with van der Waals surface area (Å²) in [5.74, 6) is 0.591. The molecule has 2 heterocycles. The van der Waals surface area contributed by atoms with E-state index in [-0.39, 0.29) is 11.9 Å². The second kappa shape index (κ2) is 8.27. The Morgan fingerprint density at radius 2 is 2.00 bits per heavy atom. The van der Waals surface area contributed by atoms with Crippen molar-refractivity contribution in [1.29, 1.82) is 0 Å². The largest absolute Gasteiger partial charge is 0.495 e. The van der Waals surface area contributed by atoms with E-state index < -0.39 is 0 Å². The van der Waals surface area contributed by atoms with Crippen LogP contribution in [0.1, 0.15) is 18.7 Å². The van der Waals surface area contributed by atoms with Gasteiger partial charge in [-0.15, -0.1) is 11.3 Å². The van der Waals surface area contributed by atoms with Crippen LogP contribution in [-0.4, -0.2) is 25.6 Å². The van der Waals surface area contributed by atoms with Crippen molar-refractivity contribution in [3.05, 3.63) is 58.8 Å². The van der Waals surface area contributed by atoms with E-state index in [0.717, 1.165) is 35.0 Å². The van der Waals surface area contributed by atoms with Crippen molar-refractivity contribution < 1.29 is 18.8 Å². The molecule has 4 rings (SSSR count). The first-order valence-electron chi connectivity index (χ1n) is 9.77. The predicted octanol–water partition coefficient (Wildman–Crippen LogP) is 4.09. The van der Waals surface area contributed by atoms with Crippen LogP contribution >= 0.6 is 11.3 Å². The molecule has 2 aromatic heterocycles. The molecule has 0 fully saturated rings. The Kier molecular flexibility index (Phi) is 5.56. The summed E-state index contributed by atoms with van der Waals surface area (Å²) in [7, 11) is 1.61. The van der Waals surface area contributed by atoms with E-state index in [0.29, 0.717) is 11.4 Å². The summed E-state index contributed by atoms with van der Waals surface area (Å²) in [6.07, 6.45) is 0. The Hall–Kier alpha value is -2.83. The number of carbonyl (C=O) groups excluding carboxylic acids is 1. The number of rotatable bonds is 7. The third-order valence-corrected chi connectivity index (χ3v) is 6.27. The number of amides is 1. The summed E-state index contributed by atoms with van der Waals surface area (Å²) in [4.78, 5) is 15.5. The Bertz CT molecular complexity index is 1130. The minimum absolute atomic E-state index is 0.0350. The molecule has 2 aromatic carbocycles. The quantitative estimate of drug-likeness (QED) is 0.483. The molecule has 0 aliphatic heterocycles. The van der Waals surface area contributed by atoms with Gasteiger partial charge in [-0.2, -0.15) is 0 Å². The fourth-order valence-corrected chi connectivity index (χ4v) is 4.42. The maximum atomic E-state index is 13.0. The first-order chi connectivity index (χ1) is 14.1. The number of hydrogen-bond acceptors (Lipinski definition) is 4. The number of para-hydroxylation sites is 1. The summed E-state index contributed by atoms with van der Waals surface area (Å²) in [6, 6.07) is 15.6. The van der Waals surface area contributed by atoms with Crippen molar-refractivity contribution >= 4 is 44.9 Å². The number of furan rings is 1. The second-order valence-corrected chi connectivity index (χ2v) is 8.16. The molecule has 0 bridgehead atoms. The third-order valence-electron chi connectivity index (χ3n) is 5.40. The third kappa shape index (κ3) is 3.86. The van der Waals surface area contributed by atoms with E-state index in [1.54, 1.807) is 18.4 Å².